The molecule has 0 N–H and O–H groups in total. The van der Waals surface area contributed by atoms with Gasteiger partial charge in [-0.05, 0) is 50.3 Å². The van der Waals surface area contributed by atoms with Gasteiger partial charge in [0.1, 0.15) is 5.82 Å². The first kappa shape index (κ1) is 26.0. The molecule has 0 unspecified atom stereocenters. The summed E-state index contributed by atoms with van der Waals surface area (Å²) in [6.45, 7) is 6.70. The second-order valence-corrected chi connectivity index (χ2v) is 12.3. The van der Waals surface area contributed by atoms with E-state index in [1.54, 1.807) is 30.5 Å². The Bertz CT molecular complexity index is 1090. The van der Waals surface area contributed by atoms with Crippen LogP contribution >= 0.6 is 0 Å². The minimum absolute atomic E-state index is 0.127. The fourth-order valence-electron chi connectivity index (χ4n) is 5.28. The fraction of sp³-hybridized carbons (Fsp3) is 0.538. The number of rotatable bonds is 7. The number of aryl methyl sites for hydroxylation is 1. The molecule has 0 amide bonds. The lowest BCUT2D eigenvalue weighted by Gasteiger charge is -2.36. The molecule has 0 radical (unpaired) electrons. The van der Waals surface area contributed by atoms with E-state index >= 15 is 0 Å². The number of benzene rings is 2. The Morgan fingerprint density at radius 2 is 1.60 bits per heavy atom. The summed E-state index contributed by atoms with van der Waals surface area (Å²) in [6, 6.07) is 14.4. The van der Waals surface area contributed by atoms with Gasteiger partial charge in [0.05, 0.1) is 0 Å². The molecular weight excluding hydrogens is 465 g/mol. The van der Waals surface area contributed by atoms with E-state index in [-0.39, 0.29) is 5.82 Å². The van der Waals surface area contributed by atoms with E-state index < -0.39 is 10.2 Å². The molecule has 0 aromatic heterocycles. The Balaban J connectivity index is 1.43. The molecule has 2 aliphatic heterocycles. The molecule has 4 rings (SSSR count). The molecule has 0 saturated carbocycles. The highest BCUT2D eigenvalue weighted by Crippen LogP contribution is 2.33. The Morgan fingerprint density at radius 1 is 0.943 bits per heavy atom. The summed E-state index contributed by atoms with van der Waals surface area (Å²) in [5.41, 5.74) is 4.19. The Kier molecular flexibility index (Phi) is 7.83. The second-order valence-electron chi connectivity index (χ2n) is 10.1. The van der Waals surface area contributed by atoms with Crippen LogP contribution in [0.25, 0.3) is 0 Å². The summed E-state index contributed by atoms with van der Waals surface area (Å²) in [7, 11) is 4.01. The van der Waals surface area contributed by atoms with Gasteiger partial charge in [-0.1, -0.05) is 24.3 Å². The van der Waals surface area contributed by atoms with E-state index in [2.05, 4.69) is 53.1 Å². The Labute approximate surface area is 209 Å². The van der Waals surface area contributed by atoms with Crippen molar-refractivity contribution in [2.45, 2.75) is 25.4 Å². The zero-order valence-corrected chi connectivity index (χ0v) is 22.3. The number of hydrogen-bond acceptors (Lipinski definition) is 5. The third kappa shape index (κ3) is 5.54. The SMILES string of the molecule is Cc1cccc(F)c1CN1C[C@H](c2ccc(N3CCN(S(=O)(=O)N(C)C)CC3)cc2)[C@@H](N(C)C)C1. The van der Waals surface area contributed by atoms with Crippen molar-refractivity contribution in [2.75, 3.05) is 72.4 Å². The summed E-state index contributed by atoms with van der Waals surface area (Å²) in [5.74, 6) is 0.214. The first-order valence-electron chi connectivity index (χ1n) is 12.2. The highest BCUT2D eigenvalue weighted by Gasteiger charge is 2.36. The third-order valence-corrected chi connectivity index (χ3v) is 9.42. The van der Waals surface area contributed by atoms with Crippen molar-refractivity contribution in [3.05, 3.63) is 65.0 Å². The quantitative estimate of drug-likeness (QED) is 0.582. The highest BCUT2D eigenvalue weighted by molar-refractivity contribution is 7.86. The molecule has 192 valence electrons. The Morgan fingerprint density at radius 3 is 2.17 bits per heavy atom. The summed E-state index contributed by atoms with van der Waals surface area (Å²) < 4.78 is 42.0. The van der Waals surface area contributed by atoms with Crippen LogP contribution < -0.4 is 4.90 Å². The minimum atomic E-state index is -3.36. The van der Waals surface area contributed by atoms with Gasteiger partial charge in [-0.25, -0.2) is 4.39 Å². The number of nitrogens with zero attached hydrogens (tertiary/aromatic N) is 5. The van der Waals surface area contributed by atoms with Crippen LogP contribution in [0.5, 0.6) is 0 Å². The summed E-state index contributed by atoms with van der Waals surface area (Å²) in [4.78, 5) is 6.88. The Hall–Kier alpha value is -2.04. The van der Waals surface area contributed by atoms with Crippen molar-refractivity contribution in [1.82, 2.24) is 18.4 Å². The van der Waals surface area contributed by atoms with Crippen molar-refractivity contribution < 1.29 is 12.8 Å². The van der Waals surface area contributed by atoms with Gasteiger partial charge in [0, 0.05) is 83.1 Å². The van der Waals surface area contributed by atoms with Crippen LogP contribution in [0.3, 0.4) is 0 Å². The second kappa shape index (κ2) is 10.5. The van der Waals surface area contributed by atoms with Gasteiger partial charge < -0.3 is 9.80 Å². The molecular formula is C26H38FN5O2S. The molecule has 0 spiro atoms. The van der Waals surface area contributed by atoms with Crippen molar-refractivity contribution in [3.63, 3.8) is 0 Å². The van der Waals surface area contributed by atoms with Crippen molar-refractivity contribution in [2.24, 2.45) is 0 Å². The molecule has 35 heavy (non-hydrogen) atoms. The molecule has 9 heteroatoms. The first-order valence-corrected chi connectivity index (χ1v) is 13.6. The van der Waals surface area contributed by atoms with Gasteiger partial charge in [0.15, 0.2) is 0 Å². The molecule has 2 fully saturated rings. The molecule has 0 bridgehead atoms. The monoisotopic (exact) mass is 503 g/mol. The topological polar surface area (TPSA) is 50.3 Å². The molecule has 2 atom stereocenters. The zero-order chi connectivity index (χ0) is 25.3. The smallest absolute Gasteiger partial charge is 0.281 e. The van der Waals surface area contributed by atoms with Gasteiger partial charge in [0.25, 0.3) is 10.2 Å². The molecule has 2 aromatic rings. The highest BCUT2D eigenvalue weighted by atomic mass is 32.2. The maximum atomic E-state index is 14.4. The van der Waals surface area contributed by atoms with Gasteiger partial charge >= 0.3 is 0 Å². The van der Waals surface area contributed by atoms with E-state index in [4.69, 9.17) is 0 Å². The fourth-order valence-corrected chi connectivity index (χ4v) is 6.36. The largest absolute Gasteiger partial charge is 0.369 e. The molecule has 2 saturated heterocycles. The predicted molar refractivity (Wildman–Crippen MR) is 139 cm³/mol. The third-order valence-electron chi connectivity index (χ3n) is 7.48. The van der Waals surface area contributed by atoms with Crippen molar-refractivity contribution in [3.8, 4) is 0 Å². The van der Waals surface area contributed by atoms with Crippen LogP contribution in [0.15, 0.2) is 42.5 Å². The molecule has 7 nitrogen and oxygen atoms in total. The lowest BCUT2D eigenvalue weighted by atomic mass is 9.93. The normalized spacial score (nSPS) is 22.5. The van der Waals surface area contributed by atoms with Crippen LogP contribution in [-0.4, -0.2) is 100 Å². The van der Waals surface area contributed by atoms with Crippen LogP contribution in [0, 0.1) is 12.7 Å². The maximum Gasteiger partial charge on any atom is 0.281 e. The molecule has 2 heterocycles. The number of likely N-dealkylation sites (tertiary alicyclic amines) is 1. The molecule has 2 aliphatic rings. The molecule has 2 aromatic carbocycles. The van der Waals surface area contributed by atoms with E-state index in [9.17, 15) is 12.8 Å². The predicted octanol–water partition coefficient (Wildman–Crippen LogP) is 2.59. The van der Waals surface area contributed by atoms with Crippen molar-refractivity contribution in [1.29, 1.82) is 0 Å². The van der Waals surface area contributed by atoms with E-state index in [1.807, 2.05) is 13.0 Å². The number of hydrogen-bond donors (Lipinski definition) is 0. The lowest BCUT2D eigenvalue weighted by molar-refractivity contribution is 0.258. The average molecular weight is 504 g/mol. The summed E-state index contributed by atoms with van der Waals surface area (Å²) in [5, 5.41) is 0. The van der Waals surface area contributed by atoms with Crippen LogP contribution in [-0.2, 0) is 16.8 Å². The number of likely N-dealkylation sites (N-methyl/N-ethyl adjacent to an activating group) is 1. The number of piperazine rings is 1. The zero-order valence-electron chi connectivity index (χ0n) is 21.5. The van der Waals surface area contributed by atoms with Gasteiger partial charge in [-0.3, -0.25) is 4.90 Å². The minimum Gasteiger partial charge on any atom is -0.369 e. The number of anilines is 1. The average Bonchev–Trinajstić information content (AvgIpc) is 3.26. The van der Waals surface area contributed by atoms with Crippen LogP contribution in [0.1, 0.15) is 22.6 Å². The van der Waals surface area contributed by atoms with Gasteiger partial charge in [0.2, 0.25) is 0 Å². The van der Waals surface area contributed by atoms with Gasteiger partial charge in [-0.2, -0.15) is 17.0 Å². The standard InChI is InChI=1S/C26H38FN5O2S/c1-20-7-6-8-25(27)23(20)17-30-18-24(26(19-30)28(2)3)21-9-11-22(12-10-21)31-13-15-32(16-14-31)35(33,34)29(4)5/h6-12,24,26H,13-19H2,1-5H3/t24-,26+/m1/s1. The summed E-state index contributed by atoms with van der Waals surface area (Å²) in [6.07, 6.45) is 0. The van der Waals surface area contributed by atoms with E-state index in [0.29, 0.717) is 44.7 Å². The first-order chi connectivity index (χ1) is 16.6. The van der Waals surface area contributed by atoms with Crippen LogP contribution in [0.2, 0.25) is 0 Å². The molecule has 0 aliphatic carbocycles. The van der Waals surface area contributed by atoms with Crippen molar-refractivity contribution >= 4 is 15.9 Å². The summed E-state index contributed by atoms with van der Waals surface area (Å²) >= 11 is 0. The van der Waals surface area contributed by atoms with E-state index in [0.717, 1.165) is 29.9 Å². The maximum absolute atomic E-state index is 14.4. The van der Waals surface area contributed by atoms with E-state index in [1.165, 1.54) is 9.87 Å². The number of halogens is 1. The van der Waals surface area contributed by atoms with Crippen LogP contribution in [0.4, 0.5) is 10.1 Å². The lowest BCUT2D eigenvalue weighted by Crippen LogP contribution is -2.51. The van der Waals surface area contributed by atoms with Gasteiger partial charge in [-0.15, -0.1) is 0 Å².